The predicted molar refractivity (Wildman–Crippen MR) is 95.2 cm³/mol. The molecule has 0 radical (unpaired) electrons. The van der Waals surface area contributed by atoms with Gasteiger partial charge in [0.2, 0.25) is 5.89 Å². The quantitative estimate of drug-likeness (QED) is 0.546. The van der Waals surface area contributed by atoms with Gasteiger partial charge >= 0.3 is 0 Å². The number of rotatable bonds is 8. The molecule has 0 unspecified atom stereocenters. The maximum Gasteiger partial charge on any atom is 0.277 e. The molecule has 0 saturated carbocycles. The number of thioether (sulfide) groups is 1. The van der Waals surface area contributed by atoms with Gasteiger partial charge in [0.25, 0.3) is 11.1 Å². The molecule has 3 rings (SSSR count). The molecule has 0 atom stereocenters. The average molecular weight is 376 g/mol. The molecule has 0 saturated heterocycles. The number of benzene rings is 1. The van der Waals surface area contributed by atoms with E-state index >= 15 is 0 Å². The van der Waals surface area contributed by atoms with Crippen molar-refractivity contribution in [2.24, 2.45) is 5.92 Å². The Morgan fingerprint density at radius 3 is 2.73 bits per heavy atom. The lowest BCUT2D eigenvalue weighted by Gasteiger charge is -2.07. The molecule has 0 bridgehead atoms. The molecular weight excluding hydrogens is 356 g/mol. The van der Waals surface area contributed by atoms with Crippen molar-refractivity contribution in [3.63, 3.8) is 0 Å². The van der Waals surface area contributed by atoms with Crippen LogP contribution in [0.3, 0.4) is 0 Å². The van der Waals surface area contributed by atoms with Crippen LogP contribution < -0.4 is 9.47 Å². The van der Waals surface area contributed by atoms with Crippen LogP contribution in [0.2, 0.25) is 0 Å². The molecule has 26 heavy (non-hydrogen) atoms. The Kier molecular flexibility index (Phi) is 5.77. The molecule has 0 fully saturated rings. The largest absolute Gasteiger partial charge is 0.497 e. The van der Waals surface area contributed by atoms with Crippen molar-refractivity contribution in [3.8, 4) is 23.0 Å². The van der Waals surface area contributed by atoms with E-state index in [1.165, 1.54) is 11.8 Å². The van der Waals surface area contributed by atoms with Crippen molar-refractivity contribution in [1.82, 2.24) is 20.3 Å². The summed E-state index contributed by atoms with van der Waals surface area (Å²) in [5.74, 6) is 3.85. The molecule has 1 aromatic carbocycles. The molecule has 2 aromatic heterocycles. The monoisotopic (exact) mass is 376 g/mol. The molecule has 2 heterocycles. The molecule has 9 heteroatoms. The third kappa shape index (κ3) is 4.34. The summed E-state index contributed by atoms with van der Waals surface area (Å²) < 4.78 is 21.5. The molecule has 0 amide bonds. The summed E-state index contributed by atoms with van der Waals surface area (Å²) in [5.41, 5.74) is 0.699. The molecule has 138 valence electrons. The minimum absolute atomic E-state index is 0.373. The Morgan fingerprint density at radius 1 is 1.15 bits per heavy atom. The third-order valence-electron chi connectivity index (χ3n) is 3.47. The van der Waals surface area contributed by atoms with Crippen molar-refractivity contribution in [3.05, 3.63) is 29.9 Å². The summed E-state index contributed by atoms with van der Waals surface area (Å²) in [7, 11) is 3.18. The Bertz CT molecular complexity index is 862. The van der Waals surface area contributed by atoms with Crippen LogP contribution in [0.1, 0.15) is 25.6 Å². The van der Waals surface area contributed by atoms with E-state index in [-0.39, 0.29) is 0 Å². The number of ether oxygens (including phenoxy) is 2. The van der Waals surface area contributed by atoms with E-state index in [9.17, 15) is 0 Å². The highest BCUT2D eigenvalue weighted by Gasteiger charge is 2.16. The molecule has 8 nitrogen and oxygen atoms in total. The van der Waals surface area contributed by atoms with Crippen molar-refractivity contribution < 1.29 is 18.4 Å². The summed E-state index contributed by atoms with van der Waals surface area (Å²) in [5, 5.41) is 12.5. The Balaban J connectivity index is 1.67. The number of aromatic nitrogens is 4. The first-order valence-corrected chi connectivity index (χ1v) is 9.07. The van der Waals surface area contributed by atoms with Crippen molar-refractivity contribution in [1.29, 1.82) is 0 Å². The van der Waals surface area contributed by atoms with E-state index in [0.29, 0.717) is 51.6 Å². The lowest BCUT2D eigenvalue weighted by molar-refractivity contribution is 0.381. The summed E-state index contributed by atoms with van der Waals surface area (Å²) in [4.78, 5) is 4.35. The minimum Gasteiger partial charge on any atom is -0.497 e. The number of hydrogen-bond acceptors (Lipinski definition) is 9. The van der Waals surface area contributed by atoms with Crippen molar-refractivity contribution in [2.75, 3.05) is 14.2 Å². The van der Waals surface area contributed by atoms with Crippen LogP contribution >= 0.6 is 11.8 Å². The topological polar surface area (TPSA) is 96.3 Å². The first-order valence-electron chi connectivity index (χ1n) is 8.09. The zero-order chi connectivity index (χ0) is 18.5. The third-order valence-corrected chi connectivity index (χ3v) is 4.27. The fourth-order valence-corrected chi connectivity index (χ4v) is 2.87. The first kappa shape index (κ1) is 18.2. The molecule has 0 N–H and O–H groups in total. The fraction of sp³-hybridized carbons (Fsp3) is 0.412. The fourth-order valence-electron chi connectivity index (χ4n) is 2.27. The Labute approximate surface area is 155 Å². The predicted octanol–water partition coefficient (Wildman–Crippen LogP) is 3.63. The average Bonchev–Trinajstić information content (AvgIpc) is 3.28. The molecule has 3 aromatic rings. The van der Waals surface area contributed by atoms with E-state index in [1.54, 1.807) is 20.3 Å². The SMILES string of the molecule is COc1ccc(-c2nnc(SCc3nc(CC(C)C)no3)o2)c(OC)c1. The normalized spacial score (nSPS) is 11.1. The van der Waals surface area contributed by atoms with Gasteiger partial charge < -0.3 is 18.4 Å². The Hall–Kier alpha value is -2.55. The van der Waals surface area contributed by atoms with Gasteiger partial charge in [-0.2, -0.15) is 4.98 Å². The second-order valence-electron chi connectivity index (χ2n) is 5.93. The zero-order valence-electron chi connectivity index (χ0n) is 15.1. The van der Waals surface area contributed by atoms with Crippen LogP contribution in [0.5, 0.6) is 11.5 Å². The maximum atomic E-state index is 5.71. The smallest absolute Gasteiger partial charge is 0.277 e. The van der Waals surface area contributed by atoms with Gasteiger partial charge in [0.05, 0.1) is 25.5 Å². The van der Waals surface area contributed by atoms with E-state index < -0.39 is 0 Å². The summed E-state index contributed by atoms with van der Waals surface area (Å²) >= 11 is 1.34. The number of nitrogens with zero attached hydrogens (tertiary/aromatic N) is 4. The molecule has 0 aliphatic heterocycles. The van der Waals surface area contributed by atoms with Crippen LogP contribution in [-0.2, 0) is 12.2 Å². The van der Waals surface area contributed by atoms with Crippen LogP contribution in [0.15, 0.2) is 32.4 Å². The van der Waals surface area contributed by atoms with Gasteiger partial charge in [-0.05, 0) is 18.1 Å². The van der Waals surface area contributed by atoms with E-state index in [0.717, 1.165) is 6.42 Å². The molecule has 0 spiro atoms. The Morgan fingerprint density at radius 2 is 2.00 bits per heavy atom. The molecule has 0 aliphatic rings. The summed E-state index contributed by atoms with van der Waals surface area (Å²) in [6.07, 6.45) is 0.788. The first-order chi connectivity index (χ1) is 12.6. The van der Waals surface area contributed by atoms with Gasteiger partial charge in [-0.15, -0.1) is 10.2 Å². The molecular formula is C17H20N4O4S. The lowest BCUT2D eigenvalue weighted by atomic mass is 10.1. The highest BCUT2D eigenvalue weighted by atomic mass is 32.2. The summed E-state index contributed by atoms with van der Waals surface area (Å²) in [6, 6.07) is 5.39. The van der Waals surface area contributed by atoms with Gasteiger partial charge in [-0.3, -0.25) is 0 Å². The van der Waals surface area contributed by atoms with Gasteiger partial charge in [-0.1, -0.05) is 30.8 Å². The number of hydrogen-bond donors (Lipinski definition) is 0. The standard InChI is InChI=1S/C17H20N4O4S/c1-10(2)7-14-18-15(25-21-14)9-26-17-20-19-16(24-17)12-6-5-11(22-3)8-13(12)23-4/h5-6,8,10H,7,9H2,1-4H3. The van der Waals surface area contributed by atoms with Gasteiger partial charge in [0, 0.05) is 12.5 Å². The van der Waals surface area contributed by atoms with Gasteiger partial charge in [0.15, 0.2) is 5.82 Å². The van der Waals surface area contributed by atoms with E-state index in [4.69, 9.17) is 18.4 Å². The van der Waals surface area contributed by atoms with Crippen LogP contribution in [0.25, 0.3) is 11.5 Å². The van der Waals surface area contributed by atoms with Gasteiger partial charge in [-0.25, -0.2) is 0 Å². The maximum absolute atomic E-state index is 5.71. The van der Waals surface area contributed by atoms with Crippen LogP contribution in [0.4, 0.5) is 0 Å². The highest BCUT2D eigenvalue weighted by Crippen LogP contribution is 2.34. The van der Waals surface area contributed by atoms with Crippen LogP contribution in [-0.4, -0.2) is 34.6 Å². The minimum atomic E-state index is 0.373. The molecule has 0 aliphatic carbocycles. The summed E-state index contributed by atoms with van der Waals surface area (Å²) in [6.45, 7) is 4.22. The van der Waals surface area contributed by atoms with Crippen molar-refractivity contribution in [2.45, 2.75) is 31.2 Å². The van der Waals surface area contributed by atoms with E-state index in [1.807, 2.05) is 12.1 Å². The van der Waals surface area contributed by atoms with Crippen LogP contribution in [0, 0.1) is 5.92 Å². The number of methoxy groups -OCH3 is 2. The highest BCUT2D eigenvalue weighted by molar-refractivity contribution is 7.98. The van der Waals surface area contributed by atoms with E-state index in [2.05, 4.69) is 34.2 Å². The second-order valence-corrected chi connectivity index (χ2v) is 6.86. The van der Waals surface area contributed by atoms with Gasteiger partial charge in [0.1, 0.15) is 11.5 Å². The lowest BCUT2D eigenvalue weighted by Crippen LogP contribution is -1.96. The van der Waals surface area contributed by atoms with Crippen molar-refractivity contribution >= 4 is 11.8 Å². The zero-order valence-corrected chi connectivity index (χ0v) is 15.9. The second kappa shape index (κ2) is 8.22.